The lowest BCUT2D eigenvalue weighted by Gasteiger charge is -2.13. The van der Waals surface area contributed by atoms with Crippen LogP contribution < -0.4 is 4.74 Å². The summed E-state index contributed by atoms with van der Waals surface area (Å²) in [6.07, 6.45) is 0.757. The third-order valence-corrected chi connectivity index (χ3v) is 3.65. The zero-order chi connectivity index (χ0) is 13.0. The van der Waals surface area contributed by atoms with Gasteiger partial charge in [0.05, 0.1) is 7.11 Å². The summed E-state index contributed by atoms with van der Waals surface area (Å²) in [6.45, 7) is 0. The van der Waals surface area contributed by atoms with Gasteiger partial charge < -0.3 is 4.74 Å². The summed E-state index contributed by atoms with van der Waals surface area (Å²) >= 11 is 3.60. The Labute approximate surface area is 115 Å². The maximum absolute atomic E-state index is 13.2. The van der Waals surface area contributed by atoms with Crippen molar-refractivity contribution in [3.8, 4) is 5.75 Å². The van der Waals surface area contributed by atoms with E-state index in [1.807, 2.05) is 30.3 Å². The number of hydrogen-bond acceptors (Lipinski definition) is 1. The molecule has 94 valence electrons. The van der Waals surface area contributed by atoms with Gasteiger partial charge in [-0.25, -0.2) is 4.39 Å². The van der Waals surface area contributed by atoms with Gasteiger partial charge in [0.1, 0.15) is 11.6 Å². The second kappa shape index (κ2) is 6.01. The maximum Gasteiger partial charge on any atom is 0.123 e. The van der Waals surface area contributed by atoms with Crippen molar-refractivity contribution in [3.63, 3.8) is 0 Å². The highest BCUT2D eigenvalue weighted by molar-refractivity contribution is 9.09. The molecule has 2 rings (SSSR count). The number of benzene rings is 2. The minimum absolute atomic E-state index is 0.0736. The quantitative estimate of drug-likeness (QED) is 0.755. The summed E-state index contributed by atoms with van der Waals surface area (Å²) in [7, 11) is 1.66. The van der Waals surface area contributed by atoms with Crippen LogP contribution in [0.1, 0.15) is 16.0 Å². The molecule has 0 radical (unpaired) electrons. The van der Waals surface area contributed by atoms with E-state index in [0.29, 0.717) is 0 Å². The Morgan fingerprint density at radius 1 is 1.17 bits per heavy atom. The summed E-state index contributed by atoms with van der Waals surface area (Å²) in [5, 5.41) is 0. The van der Waals surface area contributed by atoms with E-state index in [0.717, 1.165) is 23.3 Å². The number of rotatable bonds is 4. The summed E-state index contributed by atoms with van der Waals surface area (Å²) in [4.78, 5) is 0.0736. The molecule has 1 unspecified atom stereocenters. The fourth-order valence-electron chi connectivity index (χ4n) is 1.88. The molecule has 0 saturated carbocycles. The third kappa shape index (κ3) is 3.10. The molecule has 18 heavy (non-hydrogen) atoms. The molecule has 1 atom stereocenters. The van der Waals surface area contributed by atoms with Gasteiger partial charge in [0, 0.05) is 4.83 Å². The van der Waals surface area contributed by atoms with Crippen molar-refractivity contribution in [1.82, 2.24) is 0 Å². The van der Waals surface area contributed by atoms with Gasteiger partial charge in [-0.1, -0.05) is 46.3 Å². The van der Waals surface area contributed by atoms with E-state index in [9.17, 15) is 4.39 Å². The van der Waals surface area contributed by atoms with Gasteiger partial charge in [-0.15, -0.1) is 0 Å². The first kappa shape index (κ1) is 13.1. The highest BCUT2D eigenvalue weighted by Crippen LogP contribution is 2.30. The molecule has 0 aliphatic rings. The summed E-state index contributed by atoms with van der Waals surface area (Å²) < 4.78 is 18.5. The van der Waals surface area contributed by atoms with Crippen LogP contribution in [-0.4, -0.2) is 7.11 Å². The molecule has 2 aromatic rings. The van der Waals surface area contributed by atoms with Gasteiger partial charge in [-0.3, -0.25) is 0 Å². The number of alkyl halides is 1. The van der Waals surface area contributed by atoms with E-state index < -0.39 is 0 Å². The van der Waals surface area contributed by atoms with Gasteiger partial charge in [-0.05, 0) is 35.7 Å². The molecule has 0 saturated heterocycles. The predicted molar refractivity (Wildman–Crippen MR) is 74.8 cm³/mol. The minimum Gasteiger partial charge on any atom is -0.496 e. The van der Waals surface area contributed by atoms with Crippen LogP contribution in [0.15, 0.2) is 48.5 Å². The topological polar surface area (TPSA) is 9.23 Å². The normalized spacial score (nSPS) is 12.2. The molecule has 2 aromatic carbocycles. The lowest BCUT2D eigenvalue weighted by atomic mass is 10.0. The monoisotopic (exact) mass is 308 g/mol. The molecule has 0 fully saturated rings. The average Bonchev–Trinajstić information content (AvgIpc) is 2.39. The molecule has 3 heteroatoms. The molecule has 0 heterocycles. The first-order valence-electron chi connectivity index (χ1n) is 5.72. The number of halogens is 2. The van der Waals surface area contributed by atoms with Crippen LogP contribution in [0.4, 0.5) is 4.39 Å². The van der Waals surface area contributed by atoms with Gasteiger partial charge in [0.25, 0.3) is 0 Å². The van der Waals surface area contributed by atoms with Crippen LogP contribution in [0.5, 0.6) is 5.75 Å². The summed E-state index contributed by atoms with van der Waals surface area (Å²) in [5.74, 6) is 0.648. The number of para-hydroxylation sites is 1. The van der Waals surface area contributed by atoms with Gasteiger partial charge in [0.2, 0.25) is 0 Å². The predicted octanol–water partition coefficient (Wildman–Crippen LogP) is 4.51. The Kier molecular flexibility index (Phi) is 4.37. The lowest BCUT2D eigenvalue weighted by Crippen LogP contribution is -1.98. The molecule has 0 aromatic heterocycles. The molecule has 0 amide bonds. The molecule has 0 N–H and O–H groups in total. The van der Waals surface area contributed by atoms with Gasteiger partial charge in [0.15, 0.2) is 0 Å². The Bertz CT molecular complexity index is 527. The number of hydrogen-bond donors (Lipinski definition) is 0. The van der Waals surface area contributed by atoms with E-state index in [2.05, 4.69) is 15.9 Å². The van der Waals surface area contributed by atoms with Crippen molar-refractivity contribution in [2.75, 3.05) is 7.11 Å². The lowest BCUT2D eigenvalue weighted by molar-refractivity contribution is 0.409. The first-order valence-corrected chi connectivity index (χ1v) is 6.63. The van der Waals surface area contributed by atoms with Crippen molar-refractivity contribution in [2.45, 2.75) is 11.2 Å². The van der Waals surface area contributed by atoms with Crippen LogP contribution in [-0.2, 0) is 6.42 Å². The van der Waals surface area contributed by atoms with Crippen molar-refractivity contribution < 1.29 is 9.13 Å². The molecular formula is C15H14BrFO. The zero-order valence-corrected chi connectivity index (χ0v) is 11.7. The van der Waals surface area contributed by atoms with Crippen LogP contribution in [0.2, 0.25) is 0 Å². The van der Waals surface area contributed by atoms with Crippen LogP contribution in [0.25, 0.3) is 0 Å². The Morgan fingerprint density at radius 2 is 1.94 bits per heavy atom. The van der Waals surface area contributed by atoms with Crippen molar-refractivity contribution in [3.05, 3.63) is 65.5 Å². The highest BCUT2D eigenvalue weighted by atomic mass is 79.9. The Balaban J connectivity index is 2.18. The highest BCUT2D eigenvalue weighted by Gasteiger charge is 2.12. The fourth-order valence-corrected chi connectivity index (χ4v) is 2.52. The van der Waals surface area contributed by atoms with Gasteiger partial charge >= 0.3 is 0 Å². The first-order chi connectivity index (χ1) is 8.70. The van der Waals surface area contributed by atoms with E-state index in [1.165, 1.54) is 6.07 Å². The van der Waals surface area contributed by atoms with E-state index in [-0.39, 0.29) is 10.6 Å². The maximum atomic E-state index is 13.2. The second-order valence-electron chi connectivity index (χ2n) is 4.04. The molecule has 0 spiro atoms. The minimum atomic E-state index is -0.211. The van der Waals surface area contributed by atoms with Gasteiger partial charge in [-0.2, -0.15) is 0 Å². The fraction of sp³-hybridized carbons (Fsp3) is 0.200. The number of methoxy groups -OCH3 is 1. The van der Waals surface area contributed by atoms with E-state index in [1.54, 1.807) is 19.2 Å². The Morgan fingerprint density at radius 3 is 2.67 bits per heavy atom. The Hall–Kier alpha value is -1.35. The van der Waals surface area contributed by atoms with E-state index in [4.69, 9.17) is 4.74 Å². The van der Waals surface area contributed by atoms with Crippen LogP contribution >= 0.6 is 15.9 Å². The zero-order valence-electron chi connectivity index (χ0n) is 10.1. The summed E-state index contributed by atoms with van der Waals surface area (Å²) in [6, 6.07) is 14.5. The SMILES string of the molecule is COc1ccccc1CC(Br)c1cccc(F)c1. The number of ether oxygens (including phenoxy) is 1. The van der Waals surface area contributed by atoms with Crippen molar-refractivity contribution in [2.24, 2.45) is 0 Å². The standard InChI is InChI=1S/C15H14BrFO/c1-18-15-8-3-2-5-12(15)10-14(16)11-6-4-7-13(17)9-11/h2-9,14H,10H2,1H3. The molecular weight excluding hydrogens is 295 g/mol. The molecule has 0 aliphatic carbocycles. The van der Waals surface area contributed by atoms with E-state index >= 15 is 0 Å². The van der Waals surface area contributed by atoms with Crippen LogP contribution in [0.3, 0.4) is 0 Å². The molecule has 1 nitrogen and oxygen atoms in total. The third-order valence-electron chi connectivity index (χ3n) is 2.80. The molecule has 0 bridgehead atoms. The van der Waals surface area contributed by atoms with Crippen molar-refractivity contribution in [1.29, 1.82) is 0 Å². The second-order valence-corrected chi connectivity index (χ2v) is 5.14. The molecule has 0 aliphatic heterocycles. The summed E-state index contributed by atoms with van der Waals surface area (Å²) in [5.41, 5.74) is 2.03. The van der Waals surface area contributed by atoms with Crippen molar-refractivity contribution >= 4 is 15.9 Å². The average molecular weight is 309 g/mol. The smallest absolute Gasteiger partial charge is 0.123 e. The largest absolute Gasteiger partial charge is 0.496 e. The van der Waals surface area contributed by atoms with Crippen LogP contribution in [0, 0.1) is 5.82 Å².